The number of carbonyl (C=O) groups is 1. The molecule has 1 aromatic rings. The van der Waals surface area contributed by atoms with Crippen LogP contribution < -0.4 is 0 Å². The van der Waals surface area contributed by atoms with Gasteiger partial charge in [-0.15, -0.1) is 0 Å². The van der Waals surface area contributed by atoms with Crippen LogP contribution in [0.15, 0.2) is 24.3 Å². The van der Waals surface area contributed by atoms with Crippen molar-refractivity contribution in [1.29, 1.82) is 5.26 Å². The van der Waals surface area contributed by atoms with Crippen LogP contribution in [0, 0.1) is 22.7 Å². The van der Waals surface area contributed by atoms with E-state index in [0.717, 1.165) is 12.8 Å². The molecule has 3 rings (SSSR count). The third-order valence-corrected chi connectivity index (χ3v) is 6.85. The molecule has 1 heterocycles. The Bertz CT molecular complexity index is 766. The fourth-order valence-corrected chi connectivity index (χ4v) is 5.41. The Morgan fingerprint density at radius 1 is 1.39 bits per heavy atom. The Kier molecular flexibility index (Phi) is 3.90. The van der Waals surface area contributed by atoms with Gasteiger partial charge in [-0.2, -0.15) is 5.26 Å². The number of nitrogens with zero attached hydrogens (tertiary/aromatic N) is 2. The number of sulfonamides is 1. The highest BCUT2D eigenvalue weighted by Gasteiger charge is 2.56. The Morgan fingerprint density at radius 3 is 2.65 bits per heavy atom. The third-order valence-electron chi connectivity index (χ3n) is 5.09. The number of rotatable bonds is 4. The quantitative estimate of drug-likeness (QED) is 0.901. The normalized spacial score (nSPS) is 27.5. The number of carboxylic acids is 1. The molecule has 0 radical (unpaired) electrons. The van der Waals surface area contributed by atoms with Gasteiger partial charge >= 0.3 is 5.97 Å². The Balaban J connectivity index is 1.78. The Morgan fingerprint density at radius 2 is 2.09 bits per heavy atom. The van der Waals surface area contributed by atoms with E-state index >= 15 is 0 Å². The number of aliphatic carboxylic acids is 1. The van der Waals surface area contributed by atoms with Gasteiger partial charge in [-0.05, 0) is 36.5 Å². The lowest BCUT2D eigenvalue weighted by atomic mass is 9.81. The zero-order chi connectivity index (χ0) is 16.7. The summed E-state index contributed by atoms with van der Waals surface area (Å²) in [7, 11) is -3.56. The van der Waals surface area contributed by atoms with Gasteiger partial charge in [-0.1, -0.05) is 18.6 Å². The van der Waals surface area contributed by atoms with Crippen molar-refractivity contribution in [2.24, 2.45) is 11.3 Å². The standard InChI is InChI=1S/C16H18N2O4S/c17-8-12-3-5-13(6-4-12)10-23(21,22)18-9-14-2-1-7-16(14,11-18)15(19)20/h3-6,14H,1-2,7,9-11H2,(H,19,20)/t14-,16+/m0/s1. The number of carboxylic acid groups (broad SMARTS) is 1. The smallest absolute Gasteiger partial charge is 0.311 e. The van der Waals surface area contributed by atoms with Crippen LogP contribution in [-0.2, 0) is 20.6 Å². The topological polar surface area (TPSA) is 98.5 Å². The maximum absolute atomic E-state index is 12.6. The van der Waals surface area contributed by atoms with Crippen LogP contribution in [0.4, 0.5) is 0 Å². The second-order valence-electron chi connectivity index (χ2n) is 6.41. The number of hydrogen-bond acceptors (Lipinski definition) is 4. The first kappa shape index (κ1) is 16.0. The maximum atomic E-state index is 12.6. The van der Waals surface area contributed by atoms with Crippen molar-refractivity contribution < 1.29 is 18.3 Å². The summed E-state index contributed by atoms with van der Waals surface area (Å²) in [4.78, 5) is 11.7. The summed E-state index contributed by atoms with van der Waals surface area (Å²) in [6.45, 7) is 0.372. The zero-order valence-corrected chi connectivity index (χ0v) is 13.4. The minimum absolute atomic E-state index is 0.0750. The van der Waals surface area contributed by atoms with Crippen molar-refractivity contribution in [3.63, 3.8) is 0 Å². The van der Waals surface area contributed by atoms with Crippen LogP contribution in [0.1, 0.15) is 30.4 Å². The van der Waals surface area contributed by atoms with Crippen LogP contribution in [0.3, 0.4) is 0 Å². The average Bonchev–Trinajstić information content (AvgIpc) is 3.06. The minimum Gasteiger partial charge on any atom is -0.481 e. The minimum atomic E-state index is -3.56. The van der Waals surface area contributed by atoms with Crippen molar-refractivity contribution in [2.45, 2.75) is 25.0 Å². The lowest BCUT2D eigenvalue weighted by Crippen LogP contribution is -2.37. The van der Waals surface area contributed by atoms with E-state index in [2.05, 4.69) is 0 Å². The van der Waals surface area contributed by atoms with Gasteiger partial charge < -0.3 is 5.11 Å². The van der Waals surface area contributed by atoms with E-state index in [4.69, 9.17) is 5.26 Å². The number of hydrogen-bond donors (Lipinski definition) is 1. The predicted octanol–water partition coefficient (Wildman–Crippen LogP) is 1.57. The van der Waals surface area contributed by atoms with E-state index in [1.165, 1.54) is 4.31 Å². The van der Waals surface area contributed by atoms with Crippen LogP contribution in [0.2, 0.25) is 0 Å². The van der Waals surface area contributed by atoms with Crippen molar-refractivity contribution in [2.75, 3.05) is 13.1 Å². The van der Waals surface area contributed by atoms with Crippen LogP contribution >= 0.6 is 0 Å². The molecule has 122 valence electrons. The van der Waals surface area contributed by atoms with Gasteiger partial charge in [0.25, 0.3) is 0 Å². The molecule has 1 aliphatic heterocycles. The van der Waals surface area contributed by atoms with Gasteiger partial charge in [-0.25, -0.2) is 12.7 Å². The maximum Gasteiger partial charge on any atom is 0.311 e. The number of nitriles is 1. The molecule has 0 unspecified atom stereocenters. The fourth-order valence-electron chi connectivity index (χ4n) is 3.78. The molecule has 7 heteroatoms. The second kappa shape index (κ2) is 5.62. The van der Waals surface area contributed by atoms with Crippen LogP contribution in [-0.4, -0.2) is 36.9 Å². The third kappa shape index (κ3) is 2.73. The van der Waals surface area contributed by atoms with Crippen molar-refractivity contribution >= 4 is 16.0 Å². The summed E-state index contributed by atoms with van der Waals surface area (Å²) in [5.41, 5.74) is 0.176. The number of fused-ring (bicyclic) bond motifs is 1. The summed E-state index contributed by atoms with van der Waals surface area (Å²) < 4.78 is 26.6. The molecule has 2 atom stereocenters. The molecule has 0 bridgehead atoms. The van der Waals surface area contributed by atoms with Gasteiger partial charge in [0.15, 0.2) is 0 Å². The van der Waals surface area contributed by atoms with Gasteiger partial charge in [0.05, 0.1) is 22.8 Å². The summed E-state index contributed by atoms with van der Waals surface area (Å²) >= 11 is 0. The van der Waals surface area contributed by atoms with E-state index in [9.17, 15) is 18.3 Å². The Labute approximate surface area is 135 Å². The van der Waals surface area contributed by atoms with Crippen molar-refractivity contribution in [3.05, 3.63) is 35.4 Å². The molecule has 1 saturated carbocycles. The van der Waals surface area contributed by atoms with E-state index in [0.29, 0.717) is 24.1 Å². The zero-order valence-electron chi connectivity index (χ0n) is 12.6. The lowest BCUT2D eigenvalue weighted by molar-refractivity contribution is -0.149. The van der Waals surface area contributed by atoms with E-state index in [1.54, 1.807) is 24.3 Å². The highest BCUT2D eigenvalue weighted by atomic mass is 32.2. The summed E-state index contributed by atoms with van der Waals surface area (Å²) in [5, 5.41) is 18.3. The summed E-state index contributed by atoms with van der Waals surface area (Å²) in [5.74, 6) is -1.13. The molecule has 0 amide bonds. The Hall–Kier alpha value is -1.91. The monoisotopic (exact) mass is 334 g/mol. The lowest BCUT2D eigenvalue weighted by Gasteiger charge is -2.23. The molecule has 0 spiro atoms. The first-order chi connectivity index (χ1) is 10.9. The van der Waals surface area contributed by atoms with Gasteiger partial charge in [-0.3, -0.25) is 4.79 Å². The summed E-state index contributed by atoms with van der Waals surface area (Å²) in [6.07, 6.45) is 2.17. The molecule has 2 fully saturated rings. The van der Waals surface area contributed by atoms with Crippen molar-refractivity contribution in [3.8, 4) is 6.07 Å². The van der Waals surface area contributed by atoms with Crippen LogP contribution in [0.5, 0.6) is 0 Å². The van der Waals surface area contributed by atoms with E-state index in [-0.39, 0.29) is 18.2 Å². The van der Waals surface area contributed by atoms with E-state index < -0.39 is 21.4 Å². The molecule has 1 aromatic carbocycles. The van der Waals surface area contributed by atoms with Crippen molar-refractivity contribution in [1.82, 2.24) is 4.31 Å². The molecule has 1 N–H and O–H groups in total. The predicted molar refractivity (Wildman–Crippen MR) is 82.8 cm³/mol. The van der Waals surface area contributed by atoms with Crippen LogP contribution in [0.25, 0.3) is 0 Å². The highest BCUT2D eigenvalue weighted by molar-refractivity contribution is 7.88. The first-order valence-corrected chi connectivity index (χ1v) is 9.18. The molecular formula is C16H18N2O4S. The van der Waals surface area contributed by atoms with E-state index in [1.807, 2.05) is 6.07 Å². The highest BCUT2D eigenvalue weighted by Crippen LogP contribution is 2.49. The SMILES string of the molecule is N#Cc1ccc(CS(=O)(=O)N2C[C@@H]3CCC[C@@]3(C(=O)O)C2)cc1. The van der Waals surface area contributed by atoms with Gasteiger partial charge in [0, 0.05) is 13.1 Å². The average molecular weight is 334 g/mol. The largest absolute Gasteiger partial charge is 0.481 e. The molecule has 6 nitrogen and oxygen atoms in total. The number of benzene rings is 1. The molecular weight excluding hydrogens is 316 g/mol. The first-order valence-electron chi connectivity index (χ1n) is 7.58. The van der Waals surface area contributed by atoms with Gasteiger partial charge in [0.1, 0.15) is 0 Å². The van der Waals surface area contributed by atoms with Gasteiger partial charge in [0.2, 0.25) is 10.0 Å². The summed E-state index contributed by atoms with van der Waals surface area (Å²) in [6, 6.07) is 8.41. The molecule has 23 heavy (non-hydrogen) atoms. The molecule has 2 aliphatic rings. The fraction of sp³-hybridized carbons (Fsp3) is 0.500. The molecule has 1 aliphatic carbocycles. The second-order valence-corrected chi connectivity index (χ2v) is 8.38. The molecule has 0 aromatic heterocycles. The molecule has 1 saturated heterocycles.